The summed E-state index contributed by atoms with van der Waals surface area (Å²) in [5.41, 5.74) is -2.28. The second-order valence-electron chi connectivity index (χ2n) is 9.58. The van der Waals surface area contributed by atoms with Gasteiger partial charge in [-0.1, -0.05) is 31.9 Å². The number of rotatable bonds is 6. The minimum atomic E-state index is -5.18. The molecule has 0 aromatic heterocycles. The molecule has 3 aromatic rings. The first-order chi connectivity index (χ1) is 18.8. The molecule has 0 spiro atoms. The van der Waals surface area contributed by atoms with E-state index in [4.69, 9.17) is 0 Å². The van der Waals surface area contributed by atoms with E-state index in [-0.39, 0.29) is 5.56 Å². The SMILES string of the molecule is CC1CCC(/C=C/c2cc(F)c(-c3cc(F)c(C(=O)Oc4ccc(OC(F)(F)F)c(F)c4)c(F)c3)c(F)c2)CC1. The van der Waals surface area contributed by atoms with Crippen LogP contribution in [0.15, 0.2) is 48.5 Å². The van der Waals surface area contributed by atoms with Gasteiger partial charge in [-0.3, -0.25) is 0 Å². The Morgan fingerprint density at radius 1 is 0.825 bits per heavy atom. The van der Waals surface area contributed by atoms with Gasteiger partial charge in [0.1, 0.15) is 34.6 Å². The van der Waals surface area contributed by atoms with Crippen molar-refractivity contribution in [2.24, 2.45) is 11.8 Å². The highest BCUT2D eigenvalue weighted by Gasteiger charge is 2.32. The van der Waals surface area contributed by atoms with E-state index in [9.17, 15) is 39.9 Å². The maximum atomic E-state index is 14.9. The number of carbonyl (C=O) groups is 1. The van der Waals surface area contributed by atoms with Gasteiger partial charge in [-0.25, -0.2) is 26.7 Å². The molecule has 0 radical (unpaired) electrons. The van der Waals surface area contributed by atoms with E-state index < -0.39 is 69.6 Å². The summed E-state index contributed by atoms with van der Waals surface area (Å²) in [6.45, 7) is 2.17. The van der Waals surface area contributed by atoms with Crippen LogP contribution in [0.25, 0.3) is 17.2 Å². The third-order valence-electron chi connectivity index (χ3n) is 6.56. The van der Waals surface area contributed by atoms with Crippen LogP contribution < -0.4 is 9.47 Å². The van der Waals surface area contributed by atoms with Crippen molar-refractivity contribution in [3.05, 3.63) is 88.8 Å². The normalized spacial score (nSPS) is 17.7. The zero-order valence-electron chi connectivity index (χ0n) is 20.9. The highest BCUT2D eigenvalue weighted by atomic mass is 19.4. The smallest absolute Gasteiger partial charge is 0.423 e. The number of allylic oxidation sites excluding steroid dienone is 1. The number of halogens is 8. The lowest BCUT2D eigenvalue weighted by atomic mass is 9.83. The second kappa shape index (κ2) is 11.7. The Morgan fingerprint density at radius 3 is 1.98 bits per heavy atom. The molecule has 3 aromatic carbocycles. The van der Waals surface area contributed by atoms with Crippen LogP contribution in [0.1, 0.15) is 48.5 Å². The van der Waals surface area contributed by atoms with Crippen LogP contribution in [0.3, 0.4) is 0 Å². The van der Waals surface area contributed by atoms with Gasteiger partial charge >= 0.3 is 12.3 Å². The summed E-state index contributed by atoms with van der Waals surface area (Å²) >= 11 is 0. The van der Waals surface area contributed by atoms with Crippen LogP contribution in [0.4, 0.5) is 35.1 Å². The topological polar surface area (TPSA) is 35.5 Å². The lowest BCUT2D eigenvalue weighted by molar-refractivity contribution is -0.275. The number of carbonyl (C=O) groups excluding carboxylic acids is 1. The Bertz CT molecular complexity index is 1390. The van der Waals surface area contributed by atoms with Crippen molar-refractivity contribution in [1.29, 1.82) is 0 Å². The highest BCUT2D eigenvalue weighted by molar-refractivity contribution is 5.92. The maximum absolute atomic E-state index is 14.9. The average molecular weight is 570 g/mol. The molecule has 0 N–H and O–H groups in total. The Hall–Kier alpha value is -3.89. The zero-order valence-corrected chi connectivity index (χ0v) is 20.9. The molecule has 4 rings (SSSR count). The predicted molar refractivity (Wildman–Crippen MR) is 130 cm³/mol. The number of hydrogen-bond donors (Lipinski definition) is 0. The number of benzene rings is 3. The van der Waals surface area contributed by atoms with Gasteiger partial charge in [-0.05, 0) is 72.2 Å². The van der Waals surface area contributed by atoms with Crippen LogP contribution in [-0.4, -0.2) is 12.3 Å². The first kappa shape index (κ1) is 29.1. The number of ether oxygens (including phenoxy) is 2. The summed E-state index contributed by atoms with van der Waals surface area (Å²) in [5, 5.41) is 0. The molecule has 1 saturated carbocycles. The summed E-state index contributed by atoms with van der Waals surface area (Å²) in [6.07, 6.45) is 2.39. The molecule has 0 atom stereocenters. The third-order valence-corrected chi connectivity index (χ3v) is 6.56. The Kier molecular flexibility index (Phi) is 8.51. The lowest BCUT2D eigenvalue weighted by Crippen LogP contribution is -2.18. The van der Waals surface area contributed by atoms with Crippen LogP contribution in [0.5, 0.6) is 11.5 Å². The Morgan fingerprint density at radius 2 is 1.43 bits per heavy atom. The number of alkyl halides is 3. The molecule has 1 aliphatic rings. The van der Waals surface area contributed by atoms with E-state index in [1.165, 1.54) is 0 Å². The Labute approximate surface area is 224 Å². The first-order valence-corrected chi connectivity index (χ1v) is 12.2. The van der Waals surface area contributed by atoms with Gasteiger partial charge in [0.15, 0.2) is 11.6 Å². The minimum absolute atomic E-state index is 0.234. The molecule has 212 valence electrons. The fourth-order valence-corrected chi connectivity index (χ4v) is 4.51. The standard InChI is InChI=1S/C29H22F8O3/c1-15-2-4-16(5-3-15)6-7-17-10-21(31)26(22(32)11-17)18-12-23(33)27(24(34)13-18)28(38)39-19-8-9-25(20(30)14-19)40-29(35,36)37/h6-16H,2-5H2,1H3/b7-6+. The van der Waals surface area contributed by atoms with Gasteiger partial charge in [0, 0.05) is 6.07 Å². The fraction of sp³-hybridized carbons (Fsp3) is 0.276. The van der Waals surface area contributed by atoms with Gasteiger partial charge in [0.25, 0.3) is 0 Å². The van der Waals surface area contributed by atoms with Gasteiger partial charge in [0.05, 0.1) is 5.56 Å². The molecule has 3 nitrogen and oxygen atoms in total. The molecule has 0 aliphatic heterocycles. The third kappa shape index (κ3) is 7.00. The van der Waals surface area contributed by atoms with Crippen molar-refractivity contribution in [3.63, 3.8) is 0 Å². The van der Waals surface area contributed by atoms with Crippen molar-refractivity contribution in [2.75, 3.05) is 0 Å². The summed E-state index contributed by atoms with van der Waals surface area (Å²) in [4.78, 5) is 12.3. The molecule has 0 unspecified atom stereocenters. The van der Waals surface area contributed by atoms with E-state index in [0.29, 0.717) is 42.2 Å². The molecule has 1 fully saturated rings. The molecule has 0 heterocycles. The van der Waals surface area contributed by atoms with Crippen molar-refractivity contribution in [1.82, 2.24) is 0 Å². The summed E-state index contributed by atoms with van der Waals surface area (Å²) in [7, 11) is 0. The van der Waals surface area contributed by atoms with Crippen molar-refractivity contribution in [2.45, 2.75) is 39.0 Å². The van der Waals surface area contributed by atoms with Gasteiger partial charge in [-0.2, -0.15) is 0 Å². The molecule has 1 aliphatic carbocycles. The summed E-state index contributed by atoms with van der Waals surface area (Å²) in [5.74, 6) is -9.42. The van der Waals surface area contributed by atoms with E-state index >= 15 is 0 Å². The fourth-order valence-electron chi connectivity index (χ4n) is 4.51. The Balaban J connectivity index is 1.53. The van der Waals surface area contributed by atoms with Crippen LogP contribution in [0, 0.1) is 40.9 Å². The van der Waals surface area contributed by atoms with Crippen molar-refractivity contribution in [3.8, 4) is 22.6 Å². The largest absolute Gasteiger partial charge is 0.573 e. The monoisotopic (exact) mass is 570 g/mol. The lowest BCUT2D eigenvalue weighted by Gasteiger charge is -2.23. The molecule has 0 amide bonds. The van der Waals surface area contributed by atoms with Gasteiger partial charge in [-0.15, -0.1) is 13.2 Å². The molecular weight excluding hydrogens is 548 g/mol. The highest BCUT2D eigenvalue weighted by Crippen LogP contribution is 2.33. The average Bonchev–Trinajstić information content (AvgIpc) is 2.84. The number of hydrogen-bond acceptors (Lipinski definition) is 3. The minimum Gasteiger partial charge on any atom is -0.423 e. The molecule has 0 bridgehead atoms. The van der Waals surface area contributed by atoms with E-state index in [1.807, 2.05) is 6.08 Å². The van der Waals surface area contributed by atoms with E-state index in [0.717, 1.165) is 37.8 Å². The molecule has 0 saturated heterocycles. The van der Waals surface area contributed by atoms with E-state index in [2.05, 4.69) is 16.4 Å². The van der Waals surface area contributed by atoms with Gasteiger partial charge in [0.2, 0.25) is 0 Å². The van der Waals surface area contributed by atoms with Gasteiger partial charge < -0.3 is 9.47 Å². The summed E-state index contributed by atoms with van der Waals surface area (Å²) < 4.78 is 118. The summed E-state index contributed by atoms with van der Waals surface area (Å²) in [6, 6.07) is 4.67. The number of esters is 1. The molecule has 40 heavy (non-hydrogen) atoms. The van der Waals surface area contributed by atoms with Crippen molar-refractivity contribution < 1.29 is 49.4 Å². The van der Waals surface area contributed by atoms with Crippen molar-refractivity contribution >= 4 is 12.0 Å². The quantitative estimate of drug-likeness (QED) is 0.169. The molecule has 11 heteroatoms. The second-order valence-corrected chi connectivity index (χ2v) is 9.58. The van der Waals surface area contributed by atoms with Crippen LogP contribution >= 0.6 is 0 Å². The first-order valence-electron chi connectivity index (χ1n) is 12.2. The zero-order chi connectivity index (χ0) is 29.2. The van der Waals surface area contributed by atoms with Crippen LogP contribution in [0.2, 0.25) is 0 Å². The maximum Gasteiger partial charge on any atom is 0.573 e. The predicted octanol–water partition coefficient (Wildman–Crippen LogP) is 9.01. The van der Waals surface area contributed by atoms with E-state index in [1.54, 1.807) is 6.08 Å². The molecular formula is C29H22F8O3. The van der Waals surface area contributed by atoms with Crippen LogP contribution in [-0.2, 0) is 0 Å².